The molecule has 3 heteroatoms. The van der Waals surface area contributed by atoms with Crippen molar-refractivity contribution >= 4 is 16.7 Å². The molecule has 23 heavy (non-hydrogen) atoms. The second kappa shape index (κ2) is 6.21. The third-order valence-electron chi connectivity index (χ3n) is 4.05. The quantitative estimate of drug-likeness (QED) is 0.777. The Kier molecular flexibility index (Phi) is 4.11. The molecule has 0 atom stereocenters. The third-order valence-corrected chi connectivity index (χ3v) is 4.05. The number of carboxylic acid groups (broad SMARTS) is 1. The Bertz CT molecular complexity index is 867. The molecule has 0 saturated carbocycles. The van der Waals surface area contributed by atoms with Crippen LogP contribution in [0.3, 0.4) is 0 Å². The normalized spacial score (nSPS) is 10.9. The molecule has 0 unspecified atom stereocenters. The third kappa shape index (κ3) is 3.09. The summed E-state index contributed by atoms with van der Waals surface area (Å²) in [4.78, 5) is 15.9. The van der Waals surface area contributed by atoms with Crippen molar-refractivity contribution < 1.29 is 9.90 Å². The van der Waals surface area contributed by atoms with Gasteiger partial charge in [0, 0.05) is 16.6 Å². The molecule has 0 bridgehead atoms. The van der Waals surface area contributed by atoms with Crippen molar-refractivity contribution in [1.82, 2.24) is 4.98 Å². The van der Waals surface area contributed by atoms with E-state index in [0.717, 1.165) is 39.7 Å². The molecule has 3 aromatic rings. The van der Waals surface area contributed by atoms with E-state index < -0.39 is 5.97 Å². The largest absolute Gasteiger partial charge is 0.481 e. The number of nitrogens with zero attached hydrogens (tertiary/aromatic N) is 1. The van der Waals surface area contributed by atoms with E-state index in [0.29, 0.717) is 0 Å². The SMILES string of the molecule is CCc1cc2c(CC(=O)O)cccc2c(-c2ccc(C)cc2)n1. The van der Waals surface area contributed by atoms with Crippen LogP contribution >= 0.6 is 0 Å². The first-order valence-electron chi connectivity index (χ1n) is 7.79. The highest BCUT2D eigenvalue weighted by molar-refractivity contribution is 5.98. The van der Waals surface area contributed by atoms with E-state index >= 15 is 0 Å². The van der Waals surface area contributed by atoms with Crippen molar-refractivity contribution in [2.45, 2.75) is 26.7 Å². The number of rotatable bonds is 4. The lowest BCUT2D eigenvalue weighted by molar-refractivity contribution is -0.136. The van der Waals surface area contributed by atoms with Crippen LogP contribution in [0.5, 0.6) is 0 Å². The van der Waals surface area contributed by atoms with Crippen LogP contribution in [0.4, 0.5) is 0 Å². The number of hydrogen-bond donors (Lipinski definition) is 1. The van der Waals surface area contributed by atoms with Crippen molar-refractivity contribution in [2.24, 2.45) is 0 Å². The van der Waals surface area contributed by atoms with Crippen molar-refractivity contribution in [2.75, 3.05) is 0 Å². The molecule has 1 N–H and O–H groups in total. The van der Waals surface area contributed by atoms with Crippen molar-refractivity contribution in [3.8, 4) is 11.3 Å². The Labute approximate surface area is 135 Å². The van der Waals surface area contributed by atoms with Crippen LogP contribution in [-0.4, -0.2) is 16.1 Å². The van der Waals surface area contributed by atoms with Gasteiger partial charge in [0.15, 0.2) is 0 Å². The number of carbonyl (C=O) groups is 1. The minimum atomic E-state index is -0.816. The maximum absolute atomic E-state index is 11.1. The number of benzene rings is 2. The van der Waals surface area contributed by atoms with Gasteiger partial charge in [-0.25, -0.2) is 0 Å². The van der Waals surface area contributed by atoms with E-state index in [1.54, 1.807) is 0 Å². The summed E-state index contributed by atoms with van der Waals surface area (Å²) in [5.41, 5.74) is 5.00. The number of aromatic nitrogens is 1. The molecule has 0 amide bonds. The number of pyridine rings is 1. The van der Waals surface area contributed by atoms with Gasteiger partial charge < -0.3 is 5.11 Å². The first-order chi connectivity index (χ1) is 11.1. The summed E-state index contributed by atoms with van der Waals surface area (Å²) in [5.74, 6) is -0.816. The predicted octanol–water partition coefficient (Wildman–Crippen LogP) is 4.40. The van der Waals surface area contributed by atoms with Crippen LogP contribution in [0.25, 0.3) is 22.0 Å². The fourth-order valence-corrected chi connectivity index (χ4v) is 2.82. The second-order valence-electron chi connectivity index (χ2n) is 5.76. The Morgan fingerprint density at radius 3 is 2.48 bits per heavy atom. The molecule has 1 aromatic heterocycles. The van der Waals surface area contributed by atoms with Crippen LogP contribution in [0.1, 0.15) is 23.7 Å². The Hall–Kier alpha value is -2.68. The van der Waals surface area contributed by atoms with Gasteiger partial charge in [-0.1, -0.05) is 55.0 Å². The van der Waals surface area contributed by atoms with Crippen LogP contribution in [0.2, 0.25) is 0 Å². The van der Waals surface area contributed by atoms with Gasteiger partial charge in [-0.15, -0.1) is 0 Å². The molecule has 0 saturated heterocycles. The van der Waals surface area contributed by atoms with Crippen LogP contribution in [0, 0.1) is 6.92 Å². The molecule has 0 aliphatic rings. The standard InChI is InChI=1S/C20H19NO2/c1-3-16-12-18-15(11-19(22)23)5-4-6-17(18)20(21-16)14-9-7-13(2)8-10-14/h4-10,12H,3,11H2,1-2H3,(H,22,23). The summed E-state index contributed by atoms with van der Waals surface area (Å²) in [6, 6.07) is 16.1. The first-order valence-corrected chi connectivity index (χ1v) is 7.79. The van der Waals surface area contributed by atoms with Crippen molar-refractivity contribution in [3.63, 3.8) is 0 Å². The molecule has 0 aliphatic heterocycles. The highest BCUT2D eigenvalue weighted by Gasteiger charge is 2.12. The summed E-state index contributed by atoms with van der Waals surface area (Å²) in [6.07, 6.45) is 0.841. The lowest BCUT2D eigenvalue weighted by Gasteiger charge is -2.12. The minimum absolute atomic E-state index is 0.0256. The minimum Gasteiger partial charge on any atom is -0.481 e. The molecule has 2 aromatic carbocycles. The highest BCUT2D eigenvalue weighted by atomic mass is 16.4. The van der Waals surface area contributed by atoms with Crippen LogP contribution < -0.4 is 0 Å². The van der Waals surface area contributed by atoms with Gasteiger partial charge in [0.05, 0.1) is 12.1 Å². The maximum Gasteiger partial charge on any atom is 0.307 e. The lowest BCUT2D eigenvalue weighted by Crippen LogP contribution is -2.02. The second-order valence-corrected chi connectivity index (χ2v) is 5.76. The summed E-state index contributed by atoms with van der Waals surface area (Å²) >= 11 is 0. The maximum atomic E-state index is 11.1. The predicted molar refractivity (Wildman–Crippen MR) is 92.6 cm³/mol. The number of hydrogen-bond acceptors (Lipinski definition) is 2. The number of carboxylic acids is 1. The zero-order valence-corrected chi connectivity index (χ0v) is 13.3. The van der Waals surface area contributed by atoms with Gasteiger partial charge in [-0.2, -0.15) is 0 Å². The molecule has 0 radical (unpaired) electrons. The number of aryl methyl sites for hydroxylation is 2. The zero-order chi connectivity index (χ0) is 16.4. The van der Waals surface area contributed by atoms with E-state index in [1.807, 2.05) is 24.3 Å². The Morgan fingerprint density at radius 1 is 1.09 bits per heavy atom. The Balaban J connectivity index is 2.28. The van der Waals surface area contributed by atoms with Gasteiger partial charge in [-0.05, 0) is 30.4 Å². The molecule has 0 spiro atoms. The topological polar surface area (TPSA) is 50.2 Å². The van der Waals surface area contributed by atoms with Gasteiger partial charge in [0.25, 0.3) is 0 Å². The monoisotopic (exact) mass is 305 g/mol. The fraction of sp³-hybridized carbons (Fsp3) is 0.200. The van der Waals surface area contributed by atoms with Gasteiger partial charge in [0.1, 0.15) is 0 Å². The Morgan fingerprint density at radius 2 is 1.83 bits per heavy atom. The molecule has 0 fully saturated rings. The summed E-state index contributed by atoms with van der Waals surface area (Å²) in [5, 5.41) is 11.1. The van der Waals surface area contributed by atoms with Gasteiger partial charge >= 0.3 is 5.97 Å². The number of fused-ring (bicyclic) bond motifs is 1. The molecular formula is C20H19NO2. The molecule has 3 nitrogen and oxygen atoms in total. The van der Waals surface area contributed by atoms with Crippen molar-refractivity contribution in [1.29, 1.82) is 0 Å². The average Bonchev–Trinajstić information content (AvgIpc) is 2.54. The first kappa shape index (κ1) is 15.2. The lowest BCUT2D eigenvalue weighted by atomic mass is 9.97. The fourth-order valence-electron chi connectivity index (χ4n) is 2.82. The number of aliphatic carboxylic acids is 1. The van der Waals surface area contributed by atoms with E-state index in [-0.39, 0.29) is 6.42 Å². The smallest absolute Gasteiger partial charge is 0.307 e. The molecule has 116 valence electrons. The van der Waals surface area contributed by atoms with Gasteiger partial charge in [-0.3, -0.25) is 9.78 Å². The van der Waals surface area contributed by atoms with Crippen molar-refractivity contribution in [3.05, 3.63) is 65.4 Å². The highest BCUT2D eigenvalue weighted by Crippen LogP contribution is 2.30. The zero-order valence-electron chi connectivity index (χ0n) is 13.3. The molecule has 0 aliphatic carbocycles. The molecule has 3 rings (SSSR count). The average molecular weight is 305 g/mol. The van der Waals surface area contributed by atoms with Crippen LogP contribution in [-0.2, 0) is 17.6 Å². The van der Waals surface area contributed by atoms with Gasteiger partial charge in [0.2, 0.25) is 0 Å². The van der Waals surface area contributed by atoms with Crippen LogP contribution in [0.15, 0.2) is 48.5 Å². The van der Waals surface area contributed by atoms with E-state index in [2.05, 4.69) is 38.1 Å². The van der Waals surface area contributed by atoms with E-state index in [9.17, 15) is 4.79 Å². The van der Waals surface area contributed by atoms with E-state index in [4.69, 9.17) is 10.1 Å². The molecular weight excluding hydrogens is 286 g/mol. The molecule has 1 heterocycles. The summed E-state index contributed by atoms with van der Waals surface area (Å²) < 4.78 is 0. The summed E-state index contributed by atoms with van der Waals surface area (Å²) in [6.45, 7) is 4.12. The van der Waals surface area contributed by atoms with E-state index in [1.165, 1.54) is 5.56 Å². The summed E-state index contributed by atoms with van der Waals surface area (Å²) in [7, 11) is 0.